The van der Waals surface area contributed by atoms with Gasteiger partial charge >= 0.3 is 7.69 Å². The van der Waals surface area contributed by atoms with Crippen molar-refractivity contribution in [3.8, 4) is 0 Å². The van der Waals surface area contributed by atoms with E-state index in [1.807, 2.05) is 42.5 Å². The van der Waals surface area contributed by atoms with Crippen molar-refractivity contribution >= 4 is 35.4 Å². The molecule has 3 rings (SSSR count). The van der Waals surface area contributed by atoms with E-state index >= 15 is 0 Å². The van der Waals surface area contributed by atoms with Crippen molar-refractivity contribution in [2.75, 3.05) is 0 Å². The largest absolute Gasteiger partial charge is 0.482 e. The Hall–Kier alpha value is -1.69. The summed E-state index contributed by atoms with van der Waals surface area (Å²) >= 11 is 0. The minimum Gasteiger partial charge on any atom is -0.429 e. The molecular weight excluding hydrogens is 243 g/mol. The molecule has 3 nitrogen and oxygen atoms in total. The summed E-state index contributed by atoms with van der Waals surface area (Å²) in [5.41, 5.74) is 4.11. The van der Waals surface area contributed by atoms with Crippen LogP contribution in [0.4, 0.5) is 0 Å². The van der Waals surface area contributed by atoms with Gasteiger partial charge in [0, 0.05) is 5.57 Å². The van der Waals surface area contributed by atoms with E-state index in [0.717, 1.165) is 22.3 Å². The second kappa shape index (κ2) is 5.31. The van der Waals surface area contributed by atoms with Crippen LogP contribution in [-0.4, -0.2) is 33.8 Å². The second-order valence-corrected chi connectivity index (χ2v) is 4.29. The summed E-state index contributed by atoms with van der Waals surface area (Å²) in [6.45, 7) is 0. The van der Waals surface area contributed by atoms with E-state index in [1.54, 1.807) is 0 Å². The first-order chi connectivity index (χ1) is 8.69. The average molecular weight is 252 g/mol. The third-order valence-corrected chi connectivity index (χ3v) is 3.14. The molecule has 1 aromatic rings. The van der Waals surface area contributed by atoms with Gasteiger partial charge in [0.1, 0.15) is 0 Å². The minimum atomic E-state index is 0. The van der Waals surface area contributed by atoms with Gasteiger partial charge in [0.25, 0.3) is 0 Å². The van der Waals surface area contributed by atoms with Crippen molar-refractivity contribution in [3.05, 3.63) is 58.3 Å². The molecular formula is C13H9BO3Si. The number of hydrogen-bond acceptors (Lipinski definition) is 3. The number of carbonyl (C=O) groups excluding carboxylic acids is 1. The molecule has 18 heavy (non-hydrogen) atoms. The topological polar surface area (TPSA) is 57.5 Å². The standard InChI is InChI=1S/C13H7OSi.BH2O2/c14-13-11-7-8-3-1-2-4-9(8)10(11)5-6-12(13)15;2-1-3/h1-7H;2-3H. The smallest absolute Gasteiger partial charge is 0.429 e. The van der Waals surface area contributed by atoms with E-state index in [4.69, 9.17) is 10.0 Å². The highest BCUT2D eigenvalue weighted by Crippen LogP contribution is 2.38. The number of Topliss-reactive ketones (excluding diaryl/α,β-unsaturated/α-hetero) is 1. The van der Waals surface area contributed by atoms with E-state index in [9.17, 15) is 4.79 Å². The zero-order valence-corrected chi connectivity index (χ0v) is 10.4. The Morgan fingerprint density at radius 1 is 1.06 bits per heavy atom. The lowest BCUT2D eigenvalue weighted by Gasteiger charge is -2.10. The van der Waals surface area contributed by atoms with Gasteiger partial charge < -0.3 is 10.0 Å². The predicted molar refractivity (Wildman–Crippen MR) is 71.4 cm³/mol. The summed E-state index contributed by atoms with van der Waals surface area (Å²) < 4.78 is 0. The van der Waals surface area contributed by atoms with Crippen molar-refractivity contribution in [2.24, 2.45) is 0 Å². The highest BCUT2D eigenvalue weighted by Gasteiger charge is 2.26. The zero-order chi connectivity index (χ0) is 13.1. The highest BCUT2D eigenvalue weighted by atomic mass is 28.1. The molecule has 0 amide bonds. The SMILES string of the molecule is O=C1C([Si])=CC=C2C1=Cc1ccccc12.O[B]O. The first-order valence-electron chi connectivity index (χ1n) is 5.29. The number of benzene rings is 1. The molecule has 0 unspecified atom stereocenters. The summed E-state index contributed by atoms with van der Waals surface area (Å²) in [5.74, 6) is 0.0698. The van der Waals surface area contributed by atoms with Gasteiger partial charge in [-0.05, 0) is 28.0 Å². The van der Waals surface area contributed by atoms with Gasteiger partial charge in [-0.3, -0.25) is 4.79 Å². The second-order valence-electron chi connectivity index (χ2n) is 3.75. The molecule has 0 bridgehead atoms. The number of rotatable bonds is 0. The molecule has 86 valence electrons. The molecule has 0 saturated heterocycles. The summed E-state index contributed by atoms with van der Waals surface area (Å²) in [7, 11) is 3.31. The van der Waals surface area contributed by atoms with E-state index in [-0.39, 0.29) is 13.5 Å². The first kappa shape index (κ1) is 12.8. The quantitative estimate of drug-likeness (QED) is 0.665. The third-order valence-electron chi connectivity index (χ3n) is 2.75. The number of hydrogen-bond donors (Lipinski definition) is 2. The predicted octanol–water partition coefficient (Wildman–Crippen LogP) is 0.607. The van der Waals surface area contributed by atoms with Crippen LogP contribution >= 0.6 is 0 Å². The lowest BCUT2D eigenvalue weighted by molar-refractivity contribution is -0.111. The van der Waals surface area contributed by atoms with Gasteiger partial charge in [-0.15, -0.1) is 0 Å². The van der Waals surface area contributed by atoms with Crippen LogP contribution in [0.2, 0.25) is 0 Å². The molecule has 0 fully saturated rings. The third kappa shape index (κ3) is 2.15. The van der Waals surface area contributed by atoms with Crippen molar-refractivity contribution in [3.63, 3.8) is 0 Å². The molecule has 1 aromatic carbocycles. The summed E-state index contributed by atoms with van der Waals surface area (Å²) in [4.78, 5) is 11.8. The van der Waals surface area contributed by atoms with Crippen LogP contribution in [0.25, 0.3) is 11.6 Å². The Labute approximate surface area is 109 Å². The number of allylic oxidation sites excluding steroid dienone is 5. The monoisotopic (exact) mass is 252 g/mol. The van der Waals surface area contributed by atoms with Crippen molar-refractivity contribution in [1.82, 2.24) is 0 Å². The maximum Gasteiger partial charge on any atom is 0.482 e. The Morgan fingerprint density at radius 2 is 1.72 bits per heavy atom. The van der Waals surface area contributed by atoms with Gasteiger partial charge in [-0.2, -0.15) is 0 Å². The van der Waals surface area contributed by atoms with Crippen molar-refractivity contribution in [1.29, 1.82) is 0 Å². The van der Waals surface area contributed by atoms with Crippen LogP contribution in [0.3, 0.4) is 0 Å². The van der Waals surface area contributed by atoms with Crippen LogP contribution in [0, 0.1) is 0 Å². The normalized spacial score (nSPS) is 15.5. The molecule has 2 N–H and O–H groups in total. The number of ketones is 1. The molecule has 0 atom stereocenters. The molecule has 0 aromatic heterocycles. The van der Waals surface area contributed by atoms with Gasteiger partial charge in [0.05, 0.1) is 10.2 Å². The van der Waals surface area contributed by atoms with E-state index in [1.165, 1.54) is 0 Å². The average Bonchev–Trinajstić information content (AvgIpc) is 2.74. The van der Waals surface area contributed by atoms with Gasteiger partial charge in [-0.1, -0.05) is 36.4 Å². The fourth-order valence-electron chi connectivity index (χ4n) is 2.00. The summed E-state index contributed by atoms with van der Waals surface area (Å²) in [5, 5.41) is 14.6. The van der Waals surface area contributed by atoms with Crippen LogP contribution in [0.5, 0.6) is 0 Å². The van der Waals surface area contributed by atoms with Crippen LogP contribution in [0.15, 0.2) is 47.2 Å². The fraction of sp³-hybridized carbons (Fsp3) is 0. The fourth-order valence-corrected chi connectivity index (χ4v) is 2.22. The minimum absolute atomic E-state index is 0. The Kier molecular flexibility index (Phi) is 3.76. The Morgan fingerprint density at radius 3 is 2.44 bits per heavy atom. The maximum atomic E-state index is 11.8. The van der Waals surface area contributed by atoms with Crippen LogP contribution in [-0.2, 0) is 4.79 Å². The zero-order valence-electron chi connectivity index (χ0n) is 9.42. The lowest BCUT2D eigenvalue weighted by Crippen LogP contribution is -2.08. The van der Waals surface area contributed by atoms with Crippen molar-refractivity contribution in [2.45, 2.75) is 0 Å². The van der Waals surface area contributed by atoms with Crippen LogP contribution in [0.1, 0.15) is 11.1 Å². The maximum absolute atomic E-state index is 11.8. The molecule has 4 radical (unpaired) electrons. The van der Waals surface area contributed by atoms with E-state index in [2.05, 4.69) is 10.2 Å². The molecule has 0 spiro atoms. The molecule has 2 aliphatic rings. The first-order valence-corrected chi connectivity index (χ1v) is 5.79. The van der Waals surface area contributed by atoms with Gasteiger partial charge in [-0.25, -0.2) is 0 Å². The molecule has 0 aliphatic heterocycles. The summed E-state index contributed by atoms with van der Waals surface area (Å²) in [6.07, 6.45) is 5.76. The number of fused-ring (bicyclic) bond motifs is 3. The lowest BCUT2D eigenvalue weighted by atomic mass is 9.96. The molecule has 0 saturated carbocycles. The Bertz CT molecular complexity index is 588. The molecule has 0 heterocycles. The Balaban J connectivity index is 0.000000367. The van der Waals surface area contributed by atoms with Gasteiger partial charge in [0.2, 0.25) is 0 Å². The van der Waals surface area contributed by atoms with Crippen LogP contribution < -0.4 is 0 Å². The van der Waals surface area contributed by atoms with Gasteiger partial charge in [0.15, 0.2) is 5.78 Å². The molecule has 5 heteroatoms. The van der Waals surface area contributed by atoms with E-state index < -0.39 is 0 Å². The number of carbonyl (C=O) groups is 1. The highest BCUT2D eigenvalue weighted by molar-refractivity contribution is 6.44. The van der Waals surface area contributed by atoms with E-state index in [0.29, 0.717) is 5.20 Å². The summed E-state index contributed by atoms with van der Waals surface area (Å²) in [6, 6.07) is 8.06. The molecule has 2 aliphatic carbocycles. The van der Waals surface area contributed by atoms with Crippen molar-refractivity contribution < 1.29 is 14.8 Å².